The zero-order valence-corrected chi connectivity index (χ0v) is 14.0. The van der Waals surface area contributed by atoms with Crippen LogP contribution in [0, 0.1) is 11.8 Å². The number of carboxylic acid groups (broad SMARTS) is 1. The Morgan fingerprint density at radius 2 is 1.75 bits per heavy atom. The molecule has 1 aliphatic heterocycles. The zero-order chi connectivity index (χ0) is 17.7. The molecular formula is C16H24N4O4. The van der Waals surface area contributed by atoms with E-state index in [1.54, 1.807) is 23.4 Å². The van der Waals surface area contributed by atoms with Crippen molar-refractivity contribution in [2.75, 3.05) is 31.1 Å². The molecule has 0 spiro atoms. The minimum Gasteiger partial charge on any atom is -0.479 e. The molecular weight excluding hydrogens is 312 g/mol. The summed E-state index contributed by atoms with van der Waals surface area (Å²) in [4.78, 5) is 35.8. The van der Waals surface area contributed by atoms with Gasteiger partial charge in [0, 0.05) is 38.6 Å². The molecule has 8 heteroatoms. The van der Waals surface area contributed by atoms with Gasteiger partial charge in [-0.1, -0.05) is 13.8 Å². The summed E-state index contributed by atoms with van der Waals surface area (Å²) in [6, 6.07) is 1.74. The smallest absolute Gasteiger partial charge is 0.333 e. The van der Waals surface area contributed by atoms with Crippen molar-refractivity contribution in [3.8, 4) is 0 Å². The second-order valence-corrected chi connectivity index (χ2v) is 6.38. The number of rotatable bonds is 6. The summed E-state index contributed by atoms with van der Waals surface area (Å²) in [5, 5.41) is 18.9. The second-order valence-electron chi connectivity index (χ2n) is 6.38. The Bertz CT molecular complexity index is 558. The van der Waals surface area contributed by atoms with Crippen LogP contribution in [0.25, 0.3) is 0 Å². The van der Waals surface area contributed by atoms with Crippen LogP contribution in [0.15, 0.2) is 18.5 Å². The number of hydrogen-bond acceptors (Lipinski definition) is 6. The first-order valence-electron chi connectivity index (χ1n) is 8.11. The molecule has 0 unspecified atom stereocenters. The first kappa shape index (κ1) is 18.1. The second kappa shape index (κ2) is 8.05. The number of carboxylic acids is 1. The van der Waals surface area contributed by atoms with Gasteiger partial charge in [0.15, 0.2) is 6.10 Å². The lowest BCUT2D eigenvalue weighted by atomic mass is 9.90. The number of piperazine rings is 1. The zero-order valence-electron chi connectivity index (χ0n) is 14.0. The van der Waals surface area contributed by atoms with Gasteiger partial charge in [-0.15, -0.1) is 0 Å². The maximum absolute atomic E-state index is 12.7. The van der Waals surface area contributed by atoms with E-state index in [2.05, 4.69) is 9.97 Å². The Labute approximate surface area is 141 Å². The number of nitrogens with zero attached hydrogens (tertiary/aromatic N) is 4. The lowest BCUT2D eigenvalue weighted by Crippen LogP contribution is -2.53. The van der Waals surface area contributed by atoms with Gasteiger partial charge >= 0.3 is 5.97 Å². The number of carbonyl (C=O) groups is 2. The molecule has 0 radical (unpaired) electrons. The van der Waals surface area contributed by atoms with Gasteiger partial charge in [0.1, 0.15) is 0 Å². The van der Waals surface area contributed by atoms with Crippen molar-refractivity contribution in [2.24, 2.45) is 11.8 Å². The highest BCUT2D eigenvalue weighted by atomic mass is 16.4. The topological polar surface area (TPSA) is 107 Å². The molecule has 1 amide bonds. The predicted molar refractivity (Wildman–Crippen MR) is 87.4 cm³/mol. The number of carbonyl (C=O) groups excluding carboxylic acids is 1. The fourth-order valence-corrected chi connectivity index (χ4v) is 2.86. The fraction of sp³-hybridized carbons (Fsp3) is 0.625. The summed E-state index contributed by atoms with van der Waals surface area (Å²) in [5.74, 6) is -1.83. The molecule has 1 saturated heterocycles. The van der Waals surface area contributed by atoms with Gasteiger partial charge in [0.2, 0.25) is 11.9 Å². The van der Waals surface area contributed by atoms with Gasteiger partial charge in [-0.25, -0.2) is 14.8 Å². The van der Waals surface area contributed by atoms with Crippen LogP contribution in [-0.4, -0.2) is 69.2 Å². The van der Waals surface area contributed by atoms with Crippen molar-refractivity contribution < 1.29 is 19.8 Å². The van der Waals surface area contributed by atoms with Crippen LogP contribution in [0.1, 0.15) is 20.3 Å². The van der Waals surface area contributed by atoms with Crippen molar-refractivity contribution in [3.05, 3.63) is 18.5 Å². The number of aliphatic carboxylic acids is 1. The highest BCUT2D eigenvalue weighted by molar-refractivity contribution is 5.86. The van der Waals surface area contributed by atoms with E-state index in [0.29, 0.717) is 38.5 Å². The monoisotopic (exact) mass is 336 g/mol. The van der Waals surface area contributed by atoms with Gasteiger partial charge in [0.05, 0.1) is 5.92 Å². The molecule has 2 rings (SSSR count). The Morgan fingerprint density at radius 1 is 1.17 bits per heavy atom. The molecule has 2 N–H and O–H groups in total. The van der Waals surface area contributed by atoms with Crippen LogP contribution >= 0.6 is 0 Å². The number of anilines is 1. The van der Waals surface area contributed by atoms with Gasteiger partial charge in [-0.2, -0.15) is 0 Å². The van der Waals surface area contributed by atoms with Gasteiger partial charge in [0.25, 0.3) is 0 Å². The first-order chi connectivity index (χ1) is 11.4. The maximum Gasteiger partial charge on any atom is 0.333 e. The Balaban J connectivity index is 2.00. The number of amides is 1. The predicted octanol–water partition coefficient (Wildman–Crippen LogP) is 0.233. The number of aliphatic hydroxyl groups excluding tert-OH is 1. The SMILES string of the molecule is CC(C)C[C@H](C(=O)N1CCN(c2ncccn2)CC1)[C@H](O)C(=O)O. The summed E-state index contributed by atoms with van der Waals surface area (Å²) in [6.07, 6.45) is 2.01. The molecule has 24 heavy (non-hydrogen) atoms. The van der Waals surface area contributed by atoms with Crippen molar-refractivity contribution in [2.45, 2.75) is 26.4 Å². The third kappa shape index (κ3) is 4.41. The highest BCUT2D eigenvalue weighted by Crippen LogP contribution is 2.21. The number of hydrogen-bond donors (Lipinski definition) is 2. The molecule has 1 fully saturated rings. The average molecular weight is 336 g/mol. The first-order valence-corrected chi connectivity index (χ1v) is 8.11. The molecule has 2 heterocycles. The standard InChI is InChI=1S/C16H24N4O4/c1-11(2)10-12(13(21)15(23)24)14(22)19-6-8-20(9-7-19)16-17-4-3-5-18-16/h3-5,11-13,21H,6-10H2,1-2H3,(H,23,24)/t12-,13-/m0/s1. The normalized spacial score (nSPS) is 17.7. The van der Waals surface area contributed by atoms with E-state index in [0.717, 1.165) is 0 Å². The summed E-state index contributed by atoms with van der Waals surface area (Å²) in [5.41, 5.74) is 0. The quantitative estimate of drug-likeness (QED) is 0.766. The Hall–Kier alpha value is -2.22. The van der Waals surface area contributed by atoms with Gasteiger partial charge in [-0.05, 0) is 18.4 Å². The molecule has 8 nitrogen and oxygen atoms in total. The van der Waals surface area contributed by atoms with Gasteiger partial charge < -0.3 is 20.0 Å². The molecule has 0 bridgehead atoms. The lowest BCUT2D eigenvalue weighted by Gasteiger charge is -2.37. The van der Waals surface area contributed by atoms with Crippen molar-refractivity contribution in [1.29, 1.82) is 0 Å². The summed E-state index contributed by atoms with van der Waals surface area (Å²) in [6.45, 7) is 5.87. The van der Waals surface area contributed by atoms with E-state index < -0.39 is 18.0 Å². The molecule has 132 valence electrons. The molecule has 1 aromatic heterocycles. The van der Waals surface area contributed by atoms with E-state index >= 15 is 0 Å². The van der Waals surface area contributed by atoms with E-state index in [1.165, 1.54) is 0 Å². The molecule has 2 atom stereocenters. The largest absolute Gasteiger partial charge is 0.479 e. The highest BCUT2D eigenvalue weighted by Gasteiger charge is 2.36. The fourth-order valence-electron chi connectivity index (χ4n) is 2.86. The minimum absolute atomic E-state index is 0.118. The van der Waals surface area contributed by atoms with Crippen LogP contribution < -0.4 is 4.90 Å². The van der Waals surface area contributed by atoms with Crippen molar-refractivity contribution in [1.82, 2.24) is 14.9 Å². The van der Waals surface area contributed by atoms with Crippen LogP contribution in [-0.2, 0) is 9.59 Å². The van der Waals surface area contributed by atoms with Crippen molar-refractivity contribution in [3.63, 3.8) is 0 Å². The average Bonchev–Trinajstić information content (AvgIpc) is 2.59. The third-order valence-electron chi connectivity index (χ3n) is 4.10. The van der Waals surface area contributed by atoms with Crippen LogP contribution in [0.5, 0.6) is 0 Å². The van der Waals surface area contributed by atoms with Crippen LogP contribution in [0.2, 0.25) is 0 Å². The van der Waals surface area contributed by atoms with E-state index in [-0.39, 0.29) is 11.8 Å². The number of aliphatic hydroxyl groups is 1. The lowest BCUT2D eigenvalue weighted by molar-refractivity contribution is -0.157. The van der Waals surface area contributed by atoms with Crippen LogP contribution in [0.4, 0.5) is 5.95 Å². The summed E-state index contributed by atoms with van der Waals surface area (Å²) < 4.78 is 0. The Kier molecular flexibility index (Phi) is 6.08. The van der Waals surface area contributed by atoms with E-state index in [9.17, 15) is 14.7 Å². The van der Waals surface area contributed by atoms with Gasteiger partial charge in [-0.3, -0.25) is 4.79 Å². The summed E-state index contributed by atoms with van der Waals surface area (Å²) in [7, 11) is 0. The van der Waals surface area contributed by atoms with E-state index in [1.807, 2.05) is 18.7 Å². The third-order valence-corrected chi connectivity index (χ3v) is 4.10. The Morgan fingerprint density at radius 3 is 2.25 bits per heavy atom. The number of aromatic nitrogens is 2. The summed E-state index contributed by atoms with van der Waals surface area (Å²) >= 11 is 0. The molecule has 1 aromatic rings. The molecule has 0 aromatic carbocycles. The maximum atomic E-state index is 12.7. The van der Waals surface area contributed by atoms with E-state index in [4.69, 9.17) is 5.11 Å². The molecule has 0 aliphatic carbocycles. The molecule has 1 aliphatic rings. The van der Waals surface area contributed by atoms with Crippen molar-refractivity contribution >= 4 is 17.8 Å². The minimum atomic E-state index is -1.67. The van der Waals surface area contributed by atoms with Crippen LogP contribution in [0.3, 0.4) is 0 Å². The molecule has 0 saturated carbocycles.